The lowest BCUT2D eigenvalue weighted by Crippen LogP contribution is -2.01. The number of fused-ring (bicyclic) bond motifs is 1. The molecule has 0 fully saturated rings. The summed E-state index contributed by atoms with van der Waals surface area (Å²) in [5.41, 5.74) is 6.16. The lowest BCUT2D eigenvalue weighted by atomic mass is 9.94. The molecule has 0 spiro atoms. The van der Waals surface area contributed by atoms with Crippen molar-refractivity contribution in [2.24, 2.45) is 0 Å². The van der Waals surface area contributed by atoms with E-state index in [0.717, 1.165) is 50.5 Å². The second-order valence-corrected chi connectivity index (χ2v) is 6.54. The summed E-state index contributed by atoms with van der Waals surface area (Å²) in [5, 5.41) is 0. The Labute approximate surface area is 158 Å². The molecule has 0 aromatic heterocycles. The molecule has 0 atom stereocenters. The molecule has 3 aromatic rings. The van der Waals surface area contributed by atoms with Crippen molar-refractivity contribution in [3.05, 3.63) is 94.5 Å². The quantitative estimate of drug-likeness (QED) is 0.647. The van der Waals surface area contributed by atoms with Crippen molar-refractivity contribution in [2.45, 2.75) is 6.92 Å². The number of methoxy groups -OCH3 is 2. The molecule has 0 heterocycles. The fourth-order valence-electron chi connectivity index (χ4n) is 3.68. The molecule has 3 aromatic carbocycles. The van der Waals surface area contributed by atoms with Gasteiger partial charge in [-0.3, -0.25) is 4.79 Å². The highest BCUT2D eigenvalue weighted by Crippen LogP contribution is 2.44. The number of allylic oxidation sites excluding steroid dienone is 1. The second kappa shape index (κ2) is 6.76. The first-order valence-electron chi connectivity index (χ1n) is 8.82. The molecule has 0 unspecified atom stereocenters. The van der Waals surface area contributed by atoms with Crippen LogP contribution < -0.4 is 9.47 Å². The molecule has 3 nitrogen and oxygen atoms in total. The lowest BCUT2D eigenvalue weighted by molar-refractivity contribution is 0.105. The zero-order valence-electron chi connectivity index (χ0n) is 15.6. The fourth-order valence-corrected chi connectivity index (χ4v) is 3.68. The van der Waals surface area contributed by atoms with E-state index in [1.165, 1.54) is 0 Å². The molecule has 4 rings (SSSR count). The largest absolute Gasteiger partial charge is 0.497 e. The molecule has 134 valence electrons. The minimum Gasteiger partial charge on any atom is -0.497 e. The van der Waals surface area contributed by atoms with Crippen LogP contribution in [0.2, 0.25) is 0 Å². The molecule has 3 heteroatoms. The van der Waals surface area contributed by atoms with Crippen molar-refractivity contribution < 1.29 is 14.3 Å². The standard InChI is InChI=1S/C24H20O3/c1-15-13-19(27-3)14-20-21(15)24(25)23(17-9-11-18(26-2)12-10-17)22(20)16-7-5-4-6-8-16/h4-14H,1-3H3. The lowest BCUT2D eigenvalue weighted by Gasteiger charge is -2.11. The number of carbonyl (C=O) groups excluding carboxylic acids is 1. The number of benzene rings is 3. The minimum atomic E-state index is 0.0502. The van der Waals surface area contributed by atoms with Gasteiger partial charge in [0.2, 0.25) is 0 Å². The van der Waals surface area contributed by atoms with Gasteiger partial charge in [-0.05, 0) is 53.4 Å². The van der Waals surface area contributed by atoms with E-state index in [1.54, 1.807) is 14.2 Å². The number of ketones is 1. The zero-order chi connectivity index (χ0) is 19.0. The van der Waals surface area contributed by atoms with E-state index in [2.05, 4.69) is 0 Å². The van der Waals surface area contributed by atoms with Gasteiger partial charge in [-0.1, -0.05) is 42.5 Å². The van der Waals surface area contributed by atoms with Crippen molar-refractivity contribution in [3.63, 3.8) is 0 Å². The monoisotopic (exact) mass is 356 g/mol. The number of rotatable bonds is 4. The summed E-state index contributed by atoms with van der Waals surface area (Å²) in [6.07, 6.45) is 0. The molecule has 0 radical (unpaired) electrons. The van der Waals surface area contributed by atoms with E-state index >= 15 is 0 Å². The Morgan fingerprint density at radius 2 is 1.33 bits per heavy atom. The normalized spacial score (nSPS) is 12.9. The Bertz CT molecular complexity index is 1040. The number of ether oxygens (including phenoxy) is 2. The number of carbonyl (C=O) groups is 1. The summed E-state index contributed by atoms with van der Waals surface area (Å²) >= 11 is 0. The molecule has 1 aliphatic carbocycles. The van der Waals surface area contributed by atoms with Crippen LogP contribution in [-0.4, -0.2) is 20.0 Å². The topological polar surface area (TPSA) is 35.5 Å². The van der Waals surface area contributed by atoms with Gasteiger partial charge in [0.1, 0.15) is 11.5 Å². The van der Waals surface area contributed by atoms with Crippen molar-refractivity contribution in [3.8, 4) is 11.5 Å². The number of hydrogen-bond acceptors (Lipinski definition) is 3. The van der Waals surface area contributed by atoms with Gasteiger partial charge < -0.3 is 9.47 Å². The highest BCUT2D eigenvalue weighted by molar-refractivity contribution is 6.42. The van der Waals surface area contributed by atoms with Gasteiger partial charge in [0.05, 0.1) is 14.2 Å². The Kier molecular flexibility index (Phi) is 4.28. The maximum atomic E-state index is 13.4. The fraction of sp³-hybridized carbons (Fsp3) is 0.125. The van der Waals surface area contributed by atoms with E-state index in [-0.39, 0.29) is 5.78 Å². The molecule has 27 heavy (non-hydrogen) atoms. The Hall–Kier alpha value is -3.33. The van der Waals surface area contributed by atoms with Crippen LogP contribution in [0.3, 0.4) is 0 Å². The molecule has 0 saturated heterocycles. The molecule has 0 saturated carbocycles. The van der Waals surface area contributed by atoms with E-state index in [4.69, 9.17) is 9.47 Å². The SMILES string of the molecule is COc1ccc(C2=C(c3ccccc3)c3cc(OC)cc(C)c3C2=O)cc1. The second-order valence-electron chi connectivity index (χ2n) is 6.54. The van der Waals surface area contributed by atoms with Crippen LogP contribution in [0, 0.1) is 6.92 Å². The molecule has 0 bridgehead atoms. The van der Waals surface area contributed by atoms with Gasteiger partial charge in [0, 0.05) is 16.7 Å². The van der Waals surface area contributed by atoms with Gasteiger partial charge in [-0.2, -0.15) is 0 Å². The first-order valence-corrected chi connectivity index (χ1v) is 8.82. The highest BCUT2D eigenvalue weighted by Gasteiger charge is 2.33. The van der Waals surface area contributed by atoms with E-state index in [0.29, 0.717) is 0 Å². The van der Waals surface area contributed by atoms with Crippen LogP contribution in [0.1, 0.15) is 32.6 Å². The third-order valence-electron chi connectivity index (χ3n) is 4.96. The van der Waals surface area contributed by atoms with Crippen LogP contribution in [0.25, 0.3) is 11.1 Å². The number of hydrogen-bond donors (Lipinski definition) is 0. The predicted octanol–water partition coefficient (Wildman–Crippen LogP) is 5.17. The smallest absolute Gasteiger partial charge is 0.195 e. The Morgan fingerprint density at radius 3 is 1.96 bits per heavy atom. The van der Waals surface area contributed by atoms with Crippen molar-refractivity contribution in [1.29, 1.82) is 0 Å². The average Bonchev–Trinajstić information content (AvgIpc) is 3.01. The average molecular weight is 356 g/mol. The Balaban J connectivity index is 2.01. The van der Waals surface area contributed by atoms with Gasteiger partial charge in [0.15, 0.2) is 5.78 Å². The molecule has 0 amide bonds. The van der Waals surface area contributed by atoms with Crippen LogP contribution in [-0.2, 0) is 0 Å². The zero-order valence-corrected chi connectivity index (χ0v) is 15.6. The first kappa shape index (κ1) is 17.1. The molecule has 0 aliphatic heterocycles. The van der Waals surface area contributed by atoms with E-state index < -0.39 is 0 Å². The minimum absolute atomic E-state index is 0.0502. The van der Waals surface area contributed by atoms with E-state index in [9.17, 15) is 4.79 Å². The summed E-state index contributed by atoms with van der Waals surface area (Å²) in [6.45, 7) is 1.96. The van der Waals surface area contributed by atoms with Crippen molar-refractivity contribution in [1.82, 2.24) is 0 Å². The summed E-state index contributed by atoms with van der Waals surface area (Å²) < 4.78 is 10.7. The van der Waals surface area contributed by atoms with Gasteiger partial charge in [0.25, 0.3) is 0 Å². The summed E-state index contributed by atoms with van der Waals surface area (Å²) in [6, 6.07) is 21.5. The molecular weight excluding hydrogens is 336 g/mol. The van der Waals surface area contributed by atoms with Crippen molar-refractivity contribution in [2.75, 3.05) is 14.2 Å². The van der Waals surface area contributed by atoms with Gasteiger partial charge in [-0.15, -0.1) is 0 Å². The van der Waals surface area contributed by atoms with Gasteiger partial charge in [-0.25, -0.2) is 0 Å². The number of aryl methyl sites for hydroxylation is 1. The van der Waals surface area contributed by atoms with Crippen LogP contribution in [0.4, 0.5) is 0 Å². The maximum Gasteiger partial charge on any atom is 0.195 e. The third kappa shape index (κ3) is 2.81. The maximum absolute atomic E-state index is 13.4. The summed E-state index contributed by atoms with van der Waals surface area (Å²) in [7, 11) is 3.28. The van der Waals surface area contributed by atoms with E-state index in [1.807, 2.05) is 73.7 Å². The summed E-state index contributed by atoms with van der Waals surface area (Å²) in [4.78, 5) is 13.4. The van der Waals surface area contributed by atoms with Crippen LogP contribution in [0.5, 0.6) is 11.5 Å². The van der Waals surface area contributed by atoms with Gasteiger partial charge >= 0.3 is 0 Å². The Morgan fingerprint density at radius 1 is 0.704 bits per heavy atom. The van der Waals surface area contributed by atoms with Crippen LogP contribution in [0.15, 0.2) is 66.7 Å². The van der Waals surface area contributed by atoms with Crippen LogP contribution >= 0.6 is 0 Å². The van der Waals surface area contributed by atoms with Crippen molar-refractivity contribution >= 4 is 16.9 Å². The number of Topliss-reactive ketones (excluding diaryl/α,β-unsaturated/α-hetero) is 1. The summed E-state index contributed by atoms with van der Waals surface area (Å²) in [5.74, 6) is 1.57. The molecular formula is C24H20O3. The molecule has 1 aliphatic rings. The first-order chi connectivity index (χ1) is 13.1. The molecule has 0 N–H and O–H groups in total. The highest BCUT2D eigenvalue weighted by atomic mass is 16.5. The third-order valence-corrected chi connectivity index (χ3v) is 4.96. The predicted molar refractivity (Wildman–Crippen MR) is 107 cm³/mol.